The lowest BCUT2D eigenvalue weighted by molar-refractivity contribution is 1.17. The quantitative estimate of drug-likeness (QED) is 0.488. The van der Waals surface area contributed by atoms with Gasteiger partial charge in [-0.1, -0.05) is 40.2 Å². The molecular formula is C17H11BrN2OS. The van der Waals surface area contributed by atoms with E-state index in [9.17, 15) is 4.79 Å². The zero-order chi connectivity index (χ0) is 15.3. The molecule has 0 saturated heterocycles. The van der Waals surface area contributed by atoms with E-state index in [2.05, 4.69) is 44.4 Å². The summed E-state index contributed by atoms with van der Waals surface area (Å²) in [4.78, 5) is 18.3. The number of benzene rings is 2. The Labute approximate surface area is 139 Å². The Hall–Kier alpha value is -1.98. The Morgan fingerprint density at radius 3 is 2.59 bits per heavy atom. The molecule has 108 valence electrons. The van der Waals surface area contributed by atoms with Crippen LogP contribution < -0.4 is 5.56 Å². The van der Waals surface area contributed by atoms with E-state index in [-0.39, 0.29) is 5.56 Å². The molecule has 5 heteroatoms. The van der Waals surface area contributed by atoms with Crippen LogP contribution in [-0.4, -0.2) is 9.38 Å². The van der Waals surface area contributed by atoms with Crippen molar-refractivity contribution in [2.75, 3.05) is 0 Å². The number of para-hydroxylation sites is 1. The molecule has 0 N–H and O–H groups in total. The number of aromatic nitrogens is 2. The Balaban J connectivity index is 2.19. The molecule has 0 fully saturated rings. The van der Waals surface area contributed by atoms with Crippen LogP contribution in [0.3, 0.4) is 0 Å². The van der Waals surface area contributed by atoms with E-state index in [1.807, 2.05) is 36.4 Å². The smallest absolute Gasteiger partial charge is 0.281 e. The van der Waals surface area contributed by atoms with Gasteiger partial charge in [0.15, 0.2) is 4.96 Å². The minimum Gasteiger partial charge on any atom is -0.284 e. The second kappa shape index (κ2) is 5.04. The Bertz CT molecular complexity index is 1060. The molecule has 0 atom stereocenters. The molecule has 0 aliphatic carbocycles. The largest absolute Gasteiger partial charge is 0.284 e. The summed E-state index contributed by atoms with van der Waals surface area (Å²) in [6, 6.07) is 15.8. The van der Waals surface area contributed by atoms with E-state index in [0.29, 0.717) is 5.39 Å². The third kappa shape index (κ3) is 2.01. The molecule has 4 aromatic rings. The predicted molar refractivity (Wildman–Crippen MR) is 94.7 cm³/mol. The highest BCUT2D eigenvalue weighted by Gasteiger charge is 2.15. The standard InChI is InChI=1S/C17H11BrN2OS/c1-10-15(11-6-8-12(18)9-7-11)20-14-5-3-2-4-13(14)16(21)19-17(20)22-10/h2-9H,1H3. The fourth-order valence-corrected chi connectivity index (χ4v) is 3.97. The highest BCUT2D eigenvalue weighted by Crippen LogP contribution is 2.32. The van der Waals surface area contributed by atoms with Gasteiger partial charge in [0.1, 0.15) is 0 Å². The summed E-state index contributed by atoms with van der Waals surface area (Å²) in [5, 5.41) is 0.649. The second-order valence-electron chi connectivity index (χ2n) is 5.07. The van der Waals surface area contributed by atoms with Crippen LogP contribution in [0.4, 0.5) is 0 Å². The van der Waals surface area contributed by atoms with E-state index in [1.165, 1.54) is 0 Å². The second-order valence-corrected chi connectivity index (χ2v) is 7.16. The van der Waals surface area contributed by atoms with Crippen LogP contribution in [0.25, 0.3) is 27.1 Å². The maximum absolute atomic E-state index is 12.2. The van der Waals surface area contributed by atoms with Gasteiger partial charge in [-0.05, 0) is 36.8 Å². The molecule has 2 aromatic heterocycles. The van der Waals surface area contributed by atoms with Crippen LogP contribution in [-0.2, 0) is 0 Å². The number of rotatable bonds is 1. The van der Waals surface area contributed by atoms with Gasteiger partial charge in [-0.15, -0.1) is 11.3 Å². The molecule has 0 spiro atoms. The average Bonchev–Trinajstić information content (AvgIpc) is 2.84. The van der Waals surface area contributed by atoms with Crippen LogP contribution in [0.1, 0.15) is 4.88 Å². The van der Waals surface area contributed by atoms with Crippen molar-refractivity contribution in [3.05, 3.63) is 68.2 Å². The zero-order valence-corrected chi connectivity index (χ0v) is 14.1. The minimum atomic E-state index is -0.167. The topological polar surface area (TPSA) is 34.4 Å². The van der Waals surface area contributed by atoms with Gasteiger partial charge < -0.3 is 0 Å². The molecule has 2 heterocycles. The highest BCUT2D eigenvalue weighted by molar-refractivity contribution is 9.10. The number of halogens is 1. The van der Waals surface area contributed by atoms with Crippen LogP contribution in [0.5, 0.6) is 0 Å². The number of hydrogen-bond acceptors (Lipinski definition) is 3. The molecule has 3 nitrogen and oxygen atoms in total. The molecule has 0 saturated carbocycles. The van der Waals surface area contributed by atoms with Gasteiger partial charge >= 0.3 is 0 Å². The fraction of sp³-hybridized carbons (Fsp3) is 0.0588. The van der Waals surface area contributed by atoms with Crippen molar-refractivity contribution < 1.29 is 0 Å². The first-order valence-corrected chi connectivity index (χ1v) is 8.43. The van der Waals surface area contributed by atoms with Crippen molar-refractivity contribution in [2.24, 2.45) is 0 Å². The van der Waals surface area contributed by atoms with Gasteiger partial charge in [0.2, 0.25) is 0 Å². The highest BCUT2D eigenvalue weighted by atomic mass is 79.9. The van der Waals surface area contributed by atoms with Crippen LogP contribution in [0, 0.1) is 6.92 Å². The number of fused-ring (bicyclic) bond motifs is 3. The van der Waals surface area contributed by atoms with Crippen molar-refractivity contribution in [3.63, 3.8) is 0 Å². The molecular weight excluding hydrogens is 360 g/mol. The zero-order valence-electron chi connectivity index (χ0n) is 11.7. The third-order valence-electron chi connectivity index (χ3n) is 3.68. The lowest BCUT2D eigenvalue weighted by Gasteiger charge is -2.07. The van der Waals surface area contributed by atoms with E-state index in [4.69, 9.17) is 0 Å². The first-order valence-electron chi connectivity index (χ1n) is 6.82. The normalized spacial score (nSPS) is 11.4. The summed E-state index contributed by atoms with van der Waals surface area (Å²) < 4.78 is 3.13. The van der Waals surface area contributed by atoms with Crippen LogP contribution in [0.2, 0.25) is 0 Å². The Morgan fingerprint density at radius 1 is 1.09 bits per heavy atom. The first-order chi connectivity index (χ1) is 10.6. The maximum Gasteiger partial charge on any atom is 0.281 e. The van der Waals surface area contributed by atoms with Crippen molar-refractivity contribution in [2.45, 2.75) is 6.92 Å². The molecule has 0 bridgehead atoms. The summed E-state index contributed by atoms with van der Waals surface area (Å²) in [6.07, 6.45) is 0. The monoisotopic (exact) mass is 370 g/mol. The number of nitrogens with zero attached hydrogens (tertiary/aromatic N) is 2. The van der Waals surface area contributed by atoms with Crippen LogP contribution >= 0.6 is 27.3 Å². The third-order valence-corrected chi connectivity index (χ3v) is 5.17. The van der Waals surface area contributed by atoms with Gasteiger partial charge in [-0.2, -0.15) is 4.98 Å². The summed E-state index contributed by atoms with van der Waals surface area (Å²) in [5.41, 5.74) is 2.94. The Kier molecular flexibility index (Phi) is 3.13. The molecule has 0 aliphatic heterocycles. The maximum atomic E-state index is 12.2. The fourth-order valence-electron chi connectivity index (χ4n) is 2.72. The number of aryl methyl sites for hydroxylation is 1. The van der Waals surface area contributed by atoms with Gasteiger partial charge in [-0.3, -0.25) is 9.20 Å². The van der Waals surface area contributed by atoms with Gasteiger partial charge in [-0.25, -0.2) is 0 Å². The lowest BCUT2D eigenvalue weighted by Crippen LogP contribution is -2.09. The summed E-state index contributed by atoms with van der Waals surface area (Å²) in [6.45, 7) is 2.07. The summed E-state index contributed by atoms with van der Waals surface area (Å²) in [7, 11) is 0. The molecule has 0 amide bonds. The molecule has 0 aliphatic rings. The molecule has 22 heavy (non-hydrogen) atoms. The molecule has 0 unspecified atom stereocenters. The number of hydrogen-bond donors (Lipinski definition) is 0. The Morgan fingerprint density at radius 2 is 1.82 bits per heavy atom. The van der Waals surface area contributed by atoms with Crippen molar-refractivity contribution in [1.82, 2.24) is 9.38 Å². The number of thiazole rings is 1. The van der Waals surface area contributed by atoms with E-state index >= 15 is 0 Å². The lowest BCUT2D eigenvalue weighted by atomic mass is 10.1. The van der Waals surface area contributed by atoms with E-state index in [1.54, 1.807) is 11.3 Å². The summed E-state index contributed by atoms with van der Waals surface area (Å²) >= 11 is 5.02. The average molecular weight is 371 g/mol. The van der Waals surface area contributed by atoms with Crippen LogP contribution in [0.15, 0.2) is 57.8 Å². The minimum absolute atomic E-state index is 0.167. The van der Waals surface area contributed by atoms with Crippen molar-refractivity contribution in [1.29, 1.82) is 0 Å². The van der Waals surface area contributed by atoms with Crippen molar-refractivity contribution >= 4 is 43.1 Å². The van der Waals surface area contributed by atoms with Gasteiger partial charge in [0, 0.05) is 9.35 Å². The first kappa shape index (κ1) is 13.7. The van der Waals surface area contributed by atoms with E-state index < -0.39 is 0 Å². The van der Waals surface area contributed by atoms with E-state index in [0.717, 1.165) is 31.1 Å². The van der Waals surface area contributed by atoms with Crippen molar-refractivity contribution in [3.8, 4) is 11.3 Å². The molecule has 0 radical (unpaired) electrons. The van der Waals surface area contributed by atoms with Gasteiger partial charge in [0.25, 0.3) is 5.56 Å². The van der Waals surface area contributed by atoms with Gasteiger partial charge in [0.05, 0.1) is 16.6 Å². The molecule has 2 aromatic carbocycles. The summed E-state index contributed by atoms with van der Waals surface area (Å²) in [5.74, 6) is 0. The SMILES string of the molecule is Cc1sc2nc(=O)c3ccccc3n2c1-c1ccc(Br)cc1. The predicted octanol–water partition coefficient (Wildman–Crippen LogP) is 4.65. The molecule has 4 rings (SSSR count).